The summed E-state index contributed by atoms with van der Waals surface area (Å²) in [4.78, 5) is 11.3. The number of hydrogen-bond acceptors (Lipinski definition) is 3. The van der Waals surface area contributed by atoms with Gasteiger partial charge >= 0.3 is 5.97 Å². The van der Waals surface area contributed by atoms with Gasteiger partial charge in [0, 0.05) is 6.42 Å². The van der Waals surface area contributed by atoms with Gasteiger partial charge in [-0.25, -0.2) is 0 Å². The quantitative estimate of drug-likeness (QED) is 0.731. The van der Waals surface area contributed by atoms with E-state index in [2.05, 4.69) is 6.07 Å². The van der Waals surface area contributed by atoms with Crippen molar-refractivity contribution in [2.75, 3.05) is 13.7 Å². The van der Waals surface area contributed by atoms with E-state index in [4.69, 9.17) is 9.47 Å². The van der Waals surface area contributed by atoms with Crippen LogP contribution in [0.4, 0.5) is 0 Å². The van der Waals surface area contributed by atoms with Crippen molar-refractivity contribution in [2.45, 2.75) is 19.8 Å². The Morgan fingerprint density at radius 1 is 1.56 bits per heavy atom. The predicted octanol–water partition coefficient (Wildman–Crippen LogP) is 1.97. The van der Waals surface area contributed by atoms with Crippen LogP contribution in [-0.4, -0.2) is 19.7 Å². The molecule has 2 rings (SSSR count). The second kappa shape index (κ2) is 4.56. The van der Waals surface area contributed by atoms with Crippen LogP contribution in [-0.2, 0) is 22.4 Å². The minimum atomic E-state index is -0.156. The molecule has 0 N–H and O–H groups in total. The second-order valence-corrected chi connectivity index (χ2v) is 4.17. The molecule has 1 aliphatic heterocycles. The molecule has 0 bridgehead atoms. The van der Waals surface area contributed by atoms with Gasteiger partial charge in [0.15, 0.2) is 0 Å². The van der Waals surface area contributed by atoms with Gasteiger partial charge in [-0.15, -0.1) is 0 Å². The van der Waals surface area contributed by atoms with E-state index in [1.807, 2.05) is 19.1 Å². The summed E-state index contributed by atoms with van der Waals surface area (Å²) >= 11 is 0. The third-order valence-corrected chi connectivity index (χ3v) is 2.90. The Kier molecular flexibility index (Phi) is 3.13. The smallest absolute Gasteiger partial charge is 0.308 e. The van der Waals surface area contributed by atoms with E-state index in [0.29, 0.717) is 0 Å². The van der Waals surface area contributed by atoms with Crippen LogP contribution in [0.1, 0.15) is 18.1 Å². The van der Waals surface area contributed by atoms with Gasteiger partial charge in [-0.05, 0) is 23.6 Å². The number of hydrogen-bond donors (Lipinski definition) is 0. The van der Waals surface area contributed by atoms with Crippen molar-refractivity contribution in [1.82, 2.24) is 0 Å². The molecule has 1 heterocycles. The number of rotatable bonds is 3. The maximum atomic E-state index is 11.3. The number of carbonyl (C=O) groups is 1. The van der Waals surface area contributed by atoms with E-state index >= 15 is 0 Å². The Bertz CT molecular complexity index is 398. The molecule has 1 aromatic carbocycles. The first-order valence-electron chi connectivity index (χ1n) is 5.53. The van der Waals surface area contributed by atoms with Gasteiger partial charge in [0.1, 0.15) is 5.75 Å². The van der Waals surface area contributed by atoms with Crippen LogP contribution >= 0.6 is 0 Å². The van der Waals surface area contributed by atoms with E-state index in [1.54, 1.807) is 0 Å². The summed E-state index contributed by atoms with van der Waals surface area (Å²) in [5.41, 5.74) is 2.41. The van der Waals surface area contributed by atoms with Crippen LogP contribution < -0.4 is 4.74 Å². The third-order valence-electron chi connectivity index (χ3n) is 2.90. The topological polar surface area (TPSA) is 35.5 Å². The van der Waals surface area contributed by atoms with Crippen LogP contribution in [0.5, 0.6) is 5.75 Å². The highest BCUT2D eigenvalue weighted by Gasteiger charge is 2.16. The van der Waals surface area contributed by atoms with Crippen LogP contribution in [0.25, 0.3) is 0 Å². The zero-order valence-corrected chi connectivity index (χ0v) is 9.66. The Morgan fingerprint density at radius 3 is 3.12 bits per heavy atom. The lowest BCUT2D eigenvalue weighted by Crippen LogP contribution is -2.15. The van der Waals surface area contributed by atoms with E-state index in [0.717, 1.165) is 25.2 Å². The molecule has 1 atom stereocenters. The van der Waals surface area contributed by atoms with Crippen LogP contribution in [0, 0.1) is 5.92 Å². The van der Waals surface area contributed by atoms with Gasteiger partial charge in [-0.3, -0.25) is 4.79 Å². The molecule has 0 aromatic heterocycles. The van der Waals surface area contributed by atoms with Gasteiger partial charge in [0.05, 0.1) is 19.6 Å². The summed E-state index contributed by atoms with van der Waals surface area (Å²) in [5, 5.41) is 0. The molecule has 3 heteroatoms. The van der Waals surface area contributed by atoms with Gasteiger partial charge in [0.25, 0.3) is 0 Å². The summed E-state index contributed by atoms with van der Waals surface area (Å²) in [5.74, 6) is 0.733. The number of benzene rings is 1. The molecular weight excluding hydrogens is 204 g/mol. The standard InChI is InChI=1S/C13H16O3/c1-9(13(14)15-2)7-10-3-4-12-11(8-10)5-6-16-12/h3-4,8-9H,5-7H2,1-2H3/t9-/m0/s1. The van der Waals surface area contributed by atoms with E-state index in [-0.39, 0.29) is 11.9 Å². The predicted molar refractivity (Wildman–Crippen MR) is 60.5 cm³/mol. The average Bonchev–Trinajstić information content (AvgIpc) is 2.75. The average molecular weight is 220 g/mol. The molecule has 3 nitrogen and oxygen atoms in total. The molecule has 0 saturated heterocycles. The lowest BCUT2D eigenvalue weighted by molar-refractivity contribution is -0.144. The molecule has 0 saturated carbocycles. The normalized spacial score (nSPS) is 15.1. The molecule has 86 valence electrons. The fourth-order valence-corrected chi connectivity index (χ4v) is 2.00. The molecule has 16 heavy (non-hydrogen) atoms. The van der Waals surface area contributed by atoms with Crippen molar-refractivity contribution in [2.24, 2.45) is 5.92 Å². The largest absolute Gasteiger partial charge is 0.493 e. The number of ether oxygens (including phenoxy) is 2. The number of fused-ring (bicyclic) bond motifs is 1. The summed E-state index contributed by atoms with van der Waals surface area (Å²) in [6.07, 6.45) is 1.69. The molecule has 1 aromatic rings. The second-order valence-electron chi connectivity index (χ2n) is 4.17. The Hall–Kier alpha value is -1.51. The Morgan fingerprint density at radius 2 is 2.38 bits per heavy atom. The minimum Gasteiger partial charge on any atom is -0.493 e. The fourth-order valence-electron chi connectivity index (χ4n) is 2.00. The number of carbonyl (C=O) groups excluding carboxylic acids is 1. The monoisotopic (exact) mass is 220 g/mol. The first-order valence-corrected chi connectivity index (χ1v) is 5.53. The molecule has 0 unspecified atom stereocenters. The Balaban J connectivity index is 2.08. The first kappa shape index (κ1) is 11.0. The minimum absolute atomic E-state index is 0.0922. The maximum Gasteiger partial charge on any atom is 0.308 e. The molecule has 0 spiro atoms. The van der Waals surface area contributed by atoms with E-state index in [1.165, 1.54) is 18.2 Å². The van der Waals surface area contributed by atoms with Crippen LogP contribution in [0.3, 0.4) is 0 Å². The highest BCUT2D eigenvalue weighted by atomic mass is 16.5. The molecular formula is C13H16O3. The van der Waals surface area contributed by atoms with E-state index in [9.17, 15) is 4.79 Å². The highest BCUT2D eigenvalue weighted by molar-refractivity contribution is 5.72. The van der Waals surface area contributed by atoms with Crippen LogP contribution in [0.2, 0.25) is 0 Å². The molecule has 0 fully saturated rings. The summed E-state index contributed by atoms with van der Waals surface area (Å²) in [6, 6.07) is 6.13. The van der Waals surface area contributed by atoms with Crippen molar-refractivity contribution in [1.29, 1.82) is 0 Å². The van der Waals surface area contributed by atoms with Crippen molar-refractivity contribution in [3.63, 3.8) is 0 Å². The zero-order valence-electron chi connectivity index (χ0n) is 9.66. The van der Waals surface area contributed by atoms with Crippen LogP contribution in [0.15, 0.2) is 18.2 Å². The van der Waals surface area contributed by atoms with Crippen molar-refractivity contribution in [3.8, 4) is 5.75 Å². The highest BCUT2D eigenvalue weighted by Crippen LogP contribution is 2.26. The molecule has 0 radical (unpaired) electrons. The molecule has 0 aliphatic carbocycles. The zero-order chi connectivity index (χ0) is 11.5. The first-order chi connectivity index (χ1) is 7.70. The Labute approximate surface area is 95.4 Å². The number of esters is 1. The maximum absolute atomic E-state index is 11.3. The summed E-state index contributed by atoms with van der Waals surface area (Å²) in [7, 11) is 1.43. The van der Waals surface area contributed by atoms with Crippen molar-refractivity contribution >= 4 is 5.97 Å². The van der Waals surface area contributed by atoms with Gasteiger partial charge < -0.3 is 9.47 Å². The van der Waals surface area contributed by atoms with Gasteiger partial charge in [-0.2, -0.15) is 0 Å². The lowest BCUT2D eigenvalue weighted by Gasteiger charge is -2.09. The SMILES string of the molecule is COC(=O)[C@@H](C)Cc1ccc2c(c1)CCO2. The summed E-state index contributed by atoms with van der Waals surface area (Å²) in [6.45, 7) is 2.65. The third kappa shape index (κ3) is 2.18. The molecule has 1 aliphatic rings. The van der Waals surface area contributed by atoms with Gasteiger partial charge in [-0.1, -0.05) is 19.1 Å². The van der Waals surface area contributed by atoms with E-state index < -0.39 is 0 Å². The van der Waals surface area contributed by atoms with Crippen molar-refractivity contribution in [3.05, 3.63) is 29.3 Å². The van der Waals surface area contributed by atoms with Crippen molar-refractivity contribution < 1.29 is 14.3 Å². The van der Waals surface area contributed by atoms with Gasteiger partial charge in [0.2, 0.25) is 0 Å². The molecule has 0 amide bonds. The summed E-state index contributed by atoms with van der Waals surface area (Å²) < 4.78 is 10.1. The lowest BCUT2D eigenvalue weighted by atomic mass is 9.99. The fraction of sp³-hybridized carbons (Fsp3) is 0.462. The number of methoxy groups -OCH3 is 1.